The van der Waals surface area contributed by atoms with Gasteiger partial charge in [0.05, 0.1) is 22.1 Å². The lowest BCUT2D eigenvalue weighted by molar-refractivity contribution is -0.192. The molecule has 7 heteroatoms. The molecule has 5 atom stereocenters. The number of para-hydroxylation sites is 2. The van der Waals surface area contributed by atoms with Crippen LogP contribution in [0.1, 0.15) is 36.2 Å². The van der Waals surface area contributed by atoms with E-state index in [9.17, 15) is 5.11 Å². The maximum Gasteiger partial charge on any atom is 0.165 e. The number of benzene rings is 3. The van der Waals surface area contributed by atoms with Gasteiger partial charge < -0.3 is 29.0 Å². The van der Waals surface area contributed by atoms with Gasteiger partial charge in [-0.3, -0.25) is 5.32 Å². The fourth-order valence-electron chi connectivity index (χ4n) is 6.99. The summed E-state index contributed by atoms with van der Waals surface area (Å²) in [4.78, 5) is 0. The number of hydrogen-bond donors (Lipinski definition) is 3. The molecule has 1 unspecified atom stereocenters. The van der Waals surface area contributed by atoms with Crippen molar-refractivity contribution >= 4 is 43.6 Å². The Kier molecular flexibility index (Phi) is 3.76. The Balaban J connectivity index is 1.69. The second-order valence-corrected chi connectivity index (χ2v) is 9.71. The van der Waals surface area contributed by atoms with E-state index in [0.717, 1.165) is 39.3 Å². The van der Waals surface area contributed by atoms with Gasteiger partial charge in [-0.15, -0.1) is 0 Å². The summed E-state index contributed by atoms with van der Waals surface area (Å²) in [5, 5.41) is 22.6. The molecule has 3 aliphatic heterocycles. The molecule has 2 bridgehead atoms. The quantitative estimate of drug-likeness (QED) is 0.376. The first-order valence-corrected chi connectivity index (χ1v) is 12.0. The summed E-state index contributed by atoms with van der Waals surface area (Å²) in [7, 11) is 3.78. The zero-order valence-electron chi connectivity index (χ0n) is 19.1. The topological polar surface area (TPSA) is 72.6 Å². The molecule has 0 amide bonds. The molecule has 8 rings (SSSR count). The van der Waals surface area contributed by atoms with Crippen LogP contribution in [0.15, 0.2) is 48.5 Å². The number of aromatic nitrogens is 2. The first-order valence-electron chi connectivity index (χ1n) is 12.0. The Morgan fingerprint density at radius 3 is 2.41 bits per heavy atom. The monoisotopic (exact) mass is 454 g/mol. The minimum absolute atomic E-state index is 0.134. The van der Waals surface area contributed by atoms with E-state index in [0.29, 0.717) is 6.54 Å². The van der Waals surface area contributed by atoms with E-state index in [1.807, 2.05) is 7.05 Å². The smallest absolute Gasteiger partial charge is 0.165 e. The zero-order chi connectivity index (χ0) is 22.7. The maximum absolute atomic E-state index is 11.1. The van der Waals surface area contributed by atoms with Gasteiger partial charge >= 0.3 is 0 Å². The molecule has 34 heavy (non-hydrogen) atoms. The van der Waals surface area contributed by atoms with Crippen molar-refractivity contribution in [1.29, 1.82) is 0 Å². The van der Waals surface area contributed by atoms with Crippen LogP contribution in [-0.4, -0.2) is 40.5 Å². The van der Waals surface area contributed by atoms with Crippen LogP contribution in [0.25, 0.3) is 43.6 Å². The molecule has 5 aromatic rings. The summed E-state index contributed by atoms with van der Waals surface area (Å²) >= 11 is 0. The van der Waals surface area contributed by atoms with Crippen molar-refractivity contribution in [3.05, 3.63) is 59.7 Å². The predicted octanol–water partition coefficient (Wildman–Crippen LogP) is 4.03. The molecule has 3 aliphatic rings. The van der Waals surface area contributed by atoms with Gasteiger partial charge in [-0.1, -0.05) is 36.4 Å². The van der Waals surface area contributed by atoms with Crippen LogP contribution in [0.5, 0.6) is 0 Å². The van der Waals surface area contributed by atoms with E-state index >= 15 is 0 Å². The van der Waals surface area contributed by atoms with Gasteiger partial charge in [0.2, 0.25) is 0 Å². The summed E-state index contributed by atoms with van der Waals surface area (Å²) < 4.78 is 17.7. The Morgan fingerprint density at radius 1 is 1.00 bits per heavy atom. The van der Waals surface area contributed by atoms with Crippen LogP contribution in [0.3, 0.4) is 0 Å². The third-order valence-electron chi connectivity index (χ3n) is 8.30. The van der Waals surface area contributed by atoms with E-state index in [1.165, 1.54) is 21.9 Å². The van der Waals surface area contributed by atoms with Gasteiger partial charge in [-0.25, -0.2) is 0 Å². The number of nitrogens with zero attached hydrogens (tertiary/aromatic N) is 2. The highest BCUT2D eigenvalue weighted by molar-refractivity contribution is 6.25. The Hall–Kier alpha value is -2.94. The molecule has 2 aromatic heterocycles. The molecule has 0 saturated carbocycles. The van der Waals surface area contributed by atoms with E-state index in [-0.39, 0.29) is 24.6 Å². The first kappa shape index (κ1) is 19.4. The molecule has 172 valence electrons. The van der Waals surface area contributed by atoms with E-state index in [2.05, 4.69) is 68.3 Å². The van der Waals surface area contributed by atoms with Gasteiger partial charge in [-0.05, 0) is 24.7 Å². The van der Waals surface area contributed by atoms with Gasteiger partial charge in [0.25, 0.3) is 0 Å². The standard InChI is InChI=1S/C27H26N4O3/c1-28-16-11-19-30-17-9-5-4-8-14(17)21-22-15(12-29-26(22)32)20-13-7-3-6-10-18(13)31(23(20)24(21)30)27(34-19)25(16)33-2/h3-10,16,19,25-29,32H,11-12H2,1-2H3/t16-,19-,25-,26?,27-/m0/s1. The van der Waals surface area contributed by atoms with Crippen LogP contribution in [0.2, 0.25) is 0 Å². The summed E-state index contributed by atoms with van der Waals surface area (Å²) in [5.41, 5.74) is 6.78. The molecule has 7 nitrogen and oxygen atoms in total. The van der Waals surface area contributed by atoms with Crippen LogP contribution in [0, 0.1) is 0 Å². The van der Waals surface area contributed by atoms with Crippen LogP contribution in [-0.2, 0) is 16.0 Å². The Labute approximate surface area is 195 Å². The Morgan fingerprint density at radius 2 is 1.68 bits per heavy atom. The van der Waals surface area contributed by atoms with Crippen LogP contribution < -0.4 is 10.6 Å². The van der Waals surface area contributed by atoms with Crippen molar-refractivity contribution in [3.63, 3.8) is 0 Å². The lowest BCUT2D eigenvalue weighted by atomic mass is 9.96. The Bertz CT molecular complexity index is 1650. The van der Waals surface area contributed by atoms with Crippen molar-refractivity contribution in [2.75, 3.05) is 14.2 Å². The second kappa shape index (κ2) is 6.59. The lowest BCUT2D eigenvalue weighted by Gasteiger charge is -2.41. The van der Waals surface area contributed by atoms with E-state index in [1.54, 1.807) is 7.11 Å². The fourth-order valence-corrected chi connectivity index (χ4v) is 6.99. The minimum atomic E-state index is -0.693. The number of rotatable bonds is 2. The number of fused-ring (bicyclic) bond motifs is 13. The number of aliphatic hydroxyl groups is 1. The molecule has 0 aliphatic carbocycles. The first-order chi connectivity index (χ1) is 16.7. The zero-order valence-corrected chi connectivity index (χ0v) is 19.1. The van der Waals surface area contributed by atoms with E-state index in [4.69, 9.17) is 9.47 Å². The normalized spacial score (nSPS) is 27.9. The number of nitrogens with one attached hydrogen (secondary N) is 2. The average molecular weight is 455 g/mol. The van der Waals surface area contributed by atoms with Gasteiger partial charge in [0.1, 0.15) is 18.6 Å². The SMILES string of the molecule is CN[C@H]1C[C@@H]2O[C@@H]([C@H]1OC)n1c3ccccc3c3c4c(c5c6ccccc6n2c5c31)C(O)NC4. The molecular weight excluding hydrogens is 428 g/mol. The lowest BCUT2D eigenvalue weighted by Crippen LogP contribution is -2.50. The molecule has 0 radical (unpaired) electrons. The molecular formula is C27H26N4O3. The number of aliphatic hydroxyl groups excluding tert-OH is 1. The van der Waals surface area contributed by atoms with Crippen molar-refractivity contribution in [1.82, 2.24) is 19.8 Å². The van der Waals surface area contributed by atoms with Crippen LogP contribution in [0.4, 0.5) is 0 Å². The second-order valence-electron chi connectivity index (χ2n) is 9.71. The highest BCUT2D eigenvalue weighted by Gasteiger charge is 2.45. The highest BCUT2D eigenvalue weighted by Crippen LogP contribution is 2.52. The minimum Gasteiger partial charge on any atom is -0.375 e. The maximum atomic E-state index is 11.1. The van der Waals surface area contributed by atoms with Crippen LogP contribution >= 0.6 is 0 Å². The molecule has 5 heterocycles. The number of likely N-dealkylation sites (N-methyl/N-ethyl adjacent to an activating group) is 1. The van der Waals surface area contributed by atoms with Gasteiger partial charge in [-0.2, -0.15) is 0 Å². The number of hydrogen-bond acceptors (Lipinski definition) is 5. The molecule has 3 aromatic carbocycles. The average Bonchev–Trinajstić information content (AvgIpc) is 3.50. The summed E-state index contributed by atoms with van der Waals surface area (Å²) in [6.07, 6.45) is -0.462. The third kappa shape index (κ3) is 2.11. The number of ether oxygens (including phenoxy) is 2. The van der Waals surface area contributed by atoms with Crippen molar-refractivity contribution < 1.29 is 14.6 Å². The third-order valence-corrected chi connectivity index (χ3v) is 8.30. The molecule has 1 saturated heterocycles. The van der Waals surface area contributed by atoms with Gasteiger partial charge in [0.15, 0.2) is 6.23 Å². The van der Waals surface area contributed by atoms with Crippen molar-refractivity contribution in [3.8, 4) is 0 Å². The summed E-state index contributed by atoms with van der Waals surface area (Å²) in [5.74, 6) is 0. The predicted molar refractivity (Wildman–Crippen MR) is 132 cm³/mol. The van der Waals surface area contributed by atoms with Gasteiger partial charge in [0, 0.05) is 53.2 Å². The fraction of sp³-hybridized carbons (Fsp3) is 0.333. The largest absolute Gasteiger partial charge is 0.375 e. The van der Waals surface area contributed by atoms with Crippen molar-refractivity contribution in [2.45, 2.75) is 43.8 Å². The number of methoxy groups -OCH3 is 1. The van der Waals surface area contributed by atoms with Crippen molar-refractivity contribution in [2.24, 2.45) is 0 Å². The highest BCUT2D eigenvalue weighted by atomic mass is 16.6. The molecule has 3 N–H and O–H groups in total. The summed E-state index contributed by atoms with van der Waals surface area (Å²) in [6.45, 7) is 0.637. The molecule has 1 fully saturated rings. The van der Waals surface area contributed by atoms with E-state index < -0.39 is 6.23 Å². The summed E-state index contributed by atoms with van der Waals surface area (Å²) in [6, 6.07) is 17.2. The molecule has 0 spiro atoms.